The van der Waals surface area contributed by atoms with Crippen LogP contribution in [0.3, 0.4) is 0 Å². The van der Waals surface area contributed by atoms with Gasteiger partial charge in [0.25, 0.3) is 0 Å². The number of halogens is 1. The zero-order valence-electron chi connectivity index (χ0n) is 9.96. The lowest BCUT2D eigenvalue weighted by Gasteiger charge is -2.11. The number of carbonyl (C=O) groups excluding carboxylic acids is 1. The molecule has 1 amide bonds. The van der Waals surface area contributed by atoms with E-state index >= 15 is 0 Å². The Morgan fingerprint density at radius 3 is 2.76 bits per heavy atom. The molecule has 0 aliphatic rings. The Bertz CT molecular complexity index is 382. The fraction of sp³-hybridized carbons (Fsp3) is 0.417. The van der Waals surface area contributed by atoms with Gasteiger partial charge in [0.05, 0.1) is 13.7 Å². The van der Waals surface area contributed by atoms with Gasteiger partial charge in [-0.25, -0.2) is 0 Å². The van der Waals surface area contributed by atoms with Crippen LogP contribution in [0.4, 0.5) is 5.69 Å². The molecule has 0 bridgehead atoms. The average Bonchev–Trinajstić information content (AvgIpc) is 2.31. The second kappa shape index (κ2) is 7.17. The number of methoxy groups -OCH3 is 1. The van der Waals surface area contributed by atoms with Crippen LogP contribution >= 0.6 is 15.9 Å². The molecule has 0 atom stereocenters. The summed E-state index contributed by atoms with van der Waals surface area (Å²) in [6, 6.07) is 5.32. The van der Waals surface area contributed by atoms with Crippen LogP contribution in [0.1, 0.15) is 13.3 Å². The Morgan fingerprint density at radius 2 is 2.18 bits per heavy atom. The molecule has 0 spiro atoms. The topological polar surface area (TPSA) is 47.6 Å². The second-order valence-electron chi connectivity index (χ2n) is 3.29. The molecule has 1 aromatic rings. The molecule has 0 aliphatic carbocycles. The largest absolute Gasteiger partial charge is 0.493 e. The summed E-state index contributed by atoms with van der Waals surface area (Å²) in [5.74, 6) is 1.25. The number of benzene rings is 1. The molecule has 0 unspecified atom stereocenters. The zero-order valence-corrected chi connectivity index (χ0v) is 11.5. The van der Waals surface area contributed by atoms with Crippen LogP contribution in [0, 0.1) is 0 Å². The van der Waals surface area contributed by atoms with Crippen molar-refractivity contribution in [2.75, 3.05) is 24.4 Å². The van der Waals surface area contributed by atoms with E-state index in [0.717, 1.165) is 0 Å². The fourth-order valence-corrected chi connectivity index (χ4v) is 1.69. The number of rotatable bonds is 6. The van der Waals surface area contributed by atoms with Gasteiger partial charge in [-0.05, 0) is 19.1 Å². The number of hydrogen-bond donors (Lipinski definition) is 1. The van der Waals surface area contributed by atoms with Crippen molar-refractivity contribution in [3.05, 3.63) is 18.2 Å². The Morgan fingerprint density at radius 1 is 1.41 bits per heavy atom. The van der Waals surface area contributed by atoms with Gasteiger partial charge >= 0.3 is 0 Å². The summed E-state index contributed by atoms with van der Waals surface area (Å²) in [6.45, 7) is 2.48. The fourth-order valence-electron chi connectivity index (χ4n) is 1.33. The van der Waals surface area contributed by atoms with Crippen LogP contribution in [-0.4, -0.2) is 25.0 Å². The standard InChI is InChI=1S/C12H16BrNO3/c1-3-17-10-5-4-9(8-11(10)16-2)14-12(15)6-7-13/h4-5,8H,3,6-7H2,1-2H3,(H,14,15). The van der Waals surface area contributed by atoms with Gasteiger partial charge < -0.3 is 14.8 Å². The van der Waals surface area contributed by atoms with Crippen molar-refractivity contribution in [1.29, 1.82) is 0 Å². The quantitative estimate of drug-likeness (QED) is 0.822. The van der Waals surface area contributed by atoms with Crippen molar-refractivity contribution in [3.8, 4) is 11.5 Å². The van der Waals surface area contributed by atoms with Crippen LogP contribution in [-0.2, 0) is 4.79 Å². The van der Waals surface area contributed by atoms with Crippen LogP contribution in [0.2, 0.25) is 0 Å². The average molecular weight is 302 g/mol. The van der Waals surface area contributed by atoms with Crippen molar-refractivity contribution in [2.45, 2.75) is 13.3 Å². The summed E-state index contributed by atoms with van der Waals surface area (Å²) in [5, 5.41) is 3.43. The van der Waals surface area contributed by atoms with E-state index in [9.17, 15) is 4.79 Å². The maximum atomic E-state index is 11.4. The van der Waals surface area contributed by atoms with Gasteiger partial charge in [0, 0.05) is 23.5 Å². The highest BCUT2D eigenvalue weighted by Gasteiger charge is 2.07. The Balaban J connectivity index is 2.78. The van der Waals surface area contributed by atoms with Crippen molar-refractivity contribution in [1.82, 2.24) is 0 Å². The molecule has 0 fully saturated rings. The maximum Gasteiger partial charge on any atom is 0.225 e. The summed E-state index contributed by atoms with van der Waals surface area (Å²) in [4.78, 5) is 11.4. The molecule has 0 aliphatic heterocycles. The number of nitrogens with one attached hydrogen (secondary N) is 1. The van der Waals surface area contributed by atoms with E-state index in [1.807, 2.05) is 6.92 Å². The van der Waals surface area contributed by atoms with Crippen molar-refractivity contribution >= 4 is 27.5 Å². The second-order valence-corrected chi connectivity index (χ2v) is 4.08. The zero-order chi connectivity index (χ0) is 12.7. The first-order valence-corrected chi connectivity index (χ1v) is 6.50. The first-order chi connectivity index (χ1) is 8.21. The summed E-state index contributed by atoms with van der Waals surface area (Å²) in [5.41, 5.74) is 0.705. The monoisotopic (exact) mass is 301 g/mol. The van der Waals surface area contributed by atoms with E-state index in [4.69, 9.17) is 9.47 Å². The number of hydrogen-bond acceptors (Lipinski definition) is 3. The van der Waals surface area contributed by atoms with Crippen LogP contribution in [0.5, 0.6) is 11.5 Å². The van der Waals surface area contributed by atoms with Crippen LogP contribution in [0.15, 0.2) is 18.2 Å². The molecule has 0 radical (unpaired) electrons. The third-order valence-electron chi connectivity index (χ3n) is 2.07. The molecular weight excluding hydrogens is 286 g/mol. The molecule has 0 saturated carbocycles. The Kier molecular flexibility index (Phi) is 5.83. The predicted octanol–water partition coefficient (Wildman–Crippen LogP) is 2.82. The summed E-state index contributed by atoms with van der Waals surface area (Å²) < 4.78 is 10.6. The highest BCUT2D eigenvalue weighted by Crippen LogP contribution is 2.30. The van der Waals surface area contributed by atoms with Gasteiger partial charge in [0.2, 0.25) is 5.91 Å². The van der Waals surface area contributed by atoms with Gasteiger partial charge in [-0.3, -0.25) is 4.79 Å². The van der Waals surface area contributed by atoms with E-state index in [0.29, 0.717) is 35.5 Å². The molecule has 4 nitrogen and oxygen atoms in total. The minimum Gasteiger partial charge on any atom is -0.493 e. The van der Waals surface area contributed by atoms with E-state index in [1.165, 1.54) is 0 Å². The first-order valence-electron chi connectivity index (χ1n) is 5.38. The van der Waals surface area contributed by atoms with Crippen LogP contribution in [0.25, 0.3) is 0 Å². The number of carbonyl (C=O) groups is 1. The van der Waals surface area contributed by atoms with E-state index in [-0.39, 0.29) is 5.91 Å². The van der Waals surface area contributed by atoms with E-state index < -0.39 is 0 Å². The normalized spacial score (nSPS) is 9.82. The number of ether oxygens (including phenoxy) is 2. The number of alkyl halides is 1. The highest BCUT2D eigenvalue weighted by atomic mass is 79.9. The molecule has 0 heterocycles. The SMILES string of the molecule is CCOc1ccc(NC(=O)CCBr)cc1OC. The smallest absolute Gasteiger partial charge is 0.225 e. The first kappa shape index (κ1) is 13.8. The van der Waals surface area contributed by atoms with Crippen molar-refractivity contribution in [3.63, 3.8) is 0 Å². The molecule has 1 rings (SSSR count). The predicted molar refractivity (Wildman–Crippen MR) is 71.2 cm³/mol. The summed E-state index contributed by atoms with van der Waals surface area (Å²) in [6.07, 6.45) is 0.440. The lowest BCUT2D eigenvalue weighted by molar-refractivity contribution is -0.115. The van der Waals surface area contributed by atoms with Gasteiger partial charge in [-0.2, -0.15) is 0 Å². The Labute approximate surface area is 109 Å². The molecule has 1 N–H and O–H groups in total. The molecular formula is C12H16BrNO3. The third kappa shape index (κ3) is 4.26. The number of anilines is 1. The van der Waals surface area contributed by atoms with Gasteiger partial charge in [-0.15, -0.1) is 0 Å². The highest BCUT2D eigenvalue weighted by molar-refractivity contribution is 9.09. The molecule has 5 heteroatoms. The van der Waals surface area contributed by atoms with Crippen LogP contribution < -0.4 is 14.8 Å². The minimum atomic E-state index is -0.0342. The summed E-state index contributed by atoms with van der Waals surface area (Å²) in [7, 11) is 1.57. The maximum absolute atomic E-state index is 11.4. The van der Waals surface area contributed by atoms with Gasteiger partial charge in [0.1, 0.15) is 0 Å². The van der Waals surface area contributed by atoms with E-state index in [2.05, 4.69) is 21.2 Å². The molecule has 94 valence electrons. The van der Waals surface area contributed by atoms with Gasteiger partial charge in [-0.1, -0.05) is 15.9 Å². The van der Waals surface area contributed by atoms with Crippen molar-refractivity contribution < 1.29 is 14.3 Å². The van der Waals surface area contributed by atoms with Gasteiger partial charge in [0.15, 0.2) is 11.5 Å². The molecule has 0 saturated heterocycles. The summed E-state index contributed by atoms with van der Waals surface area (Å²) >= 11 is 3.22. The number of amides is 1. The lowest BCUT2D eigenvalue weighted by Crippen LogP contribution is -2.11. The molecule has 0 aromatic heterocycles. The third-order valence-corrected chi connectivity index (χ3v) is 2.47. The molecule has 1 aromatic carbocycles. The molecule has 17 heavy (non-hydrogen) atoms. The van der Waals surface area contributed by atoms with Crippen molar-refractivity contribution in [2.24, 2.45) is 0 Å². The van der Waals surface area contributed by atoms with E-state index in [1.54, 1.807) is 25.3 Å². The lowest BCUT2D eigenvalue weighted by atomic mass is 10.2. The minimum absolute atomic E-state index is 0.0342. The Hall–Kier alpha value is -1.23.